The largest absolute Gasteiger partial charge is 0.340 e. The molecule has 6 rings (SSSR count). The molecule has 5 aliphatic rings. The van der Waals surface area contributed by atoms with Crippen molar-refractivity contribution in [1.82, 2.24) is 9.21 Å². The second kappa shape index (κ2) is 6.84. The summed E-state index contributed by atoms with van der Waals surface area (Å²) in [7, 11) is -3.47. The number of hydrogen-bond donors (Lipinski definition) is 0. The SMILES string of the molecule is Cc1ccc(S(=O)(=O)N2CCN(C(=O)C3C4CC5CC(C4)CC3C5)CC2)cc1. The highest BCUT2D eigenvalue weighted by Gasteiger charge is 2.51. The van der Waals surface area contributed by atoms with Crippen molar-refractivity contribution in [2.45, 2.75) is 43.9 Å². The van der Waals surface area contributed by atoms with Crippen LogP contribution in [0.4, 0.5) is 0 Å². The van der Waals surface area contributed by atoms with Crippen molar-refractivity contribution >= 4 is 15.9 Å². The van der Waals surface area contributed by atoms with Crippen LogP contribution in [0.1, 0.15) is 37.7 Å². The minimum absolute atomic E-state index is 0.202. The third-order valence-electron chi connectivity index (χ3n) is 7.72. The Kier molecular flexibility index (Phi) is 4.55. The van der Waals surface area contributed by atoms with E-state index in [9.17, 15) is 13.2 Å². The number of aryl methyl sites for hydroxylation is 1. The van der Waals surface area contributed by atoms with E-state index in [1.54, 1.807) is 16.4 Å². The average molecular weight is 403 g/mol. The summed E-state index contributed by atoms with van der Waals surface area (Å²) in [6, 6.07) is 7.02. The summed E-state index contributed by atoms with van der Waals surface area (Å²) < 4.78 is 27.3. The van der Waals surface area contributed by atoms with Crippen molar-refractivity contribution in [1.29, 1.82) is 0 Å². The molecule has 152 valence electrons. The van der Waals surface area contributed by atoms with Gasteiger partial charge in [-0.2, -0.15) is 4.31 Å². The monoisotopic (exact) mass is 402 g/mol. The van der Waals surface area contributed by atoms with Gasteiger partial charge in [-0.1, -0.05) is 17.7 Å². The maximum atomic E-state index is 13.3. The molecule has 0 radical (unpaired) electrons. The van der Waals surface area contributed by atoms with E-state index in [0.717, 1.165) is 17.4 Å². The highest BCUT2D eigenvalue weighted by atomic mass is 32.2. The molecule has 4 saturated carbocycles. The first-order valence-electron chi connectivity index (χ1n) is 10.8. The van der Waals surface area contributed by atoms with Gasteiger partial charge in [0.05, 0.1) is 4.90 Å². The molecule has 1 amide bonds. The predicted octanol–water partition coefficient (Wildman–Crippen LogP) is 2.90. The molecule has 0 atom stereocenters. The molecule has 4 aliphatic carbocycles. The Morgan fingerprint density at radius 1 is 0.857 bits per heavy atom. The molecule has 6 heteroatoms. The Hall–Kier alpha value is -1.40. The summed E-state index contributed by atoms with van der Waals surface area (Å²) in [6.07, 6.45) is 6.36. The van der Waals surface area contributed by atoms with Gasteiger partial charge in [0.15, 0.2) is 0 Å². The normalized spacial score (nSPS) is 35.3. The first-order valence-corrected chi connectivity index (χ1v) is 12.2. The number of nitrogens with zero attached hydrogens (tertiary/aromatic N) is 2. The van der Waals surface area contributed by atoms with Gasteiger partial charge >= 0.3 is 0 Å². The highest BCUT2D eigenvalue weighted by Crippen LogP contribution is 2.56. The van der Waals surface area contributed by atoms with Crippen LogP contribution < -0.4 is 0 Å². The summed E-state index contributed by atoms with van der Waals surface area (Å²) in [5.41, 5.74) is 1.05. The molecule has 1 aromatic rings. The minimum Gasteiger partial charge on any atom is -0.340 e. The average Bonchev–Trinajstić information content (AvgIpc) is 2.67. The van der Waals surface area contributed by atoms with Crippen LogP contribution in [-0.2, 0) is 14.8 Å². The number of carbonyl (C=O) groups excluding carboxylic acids is 1. The standard InChI is InChI=1S/C22H30N2O3S/c1-15-2-4-20(5-3-15)28(26,27)24-8-6-23(7-9-24)22(25)21-18-11-16-10-17(13-18)14-19(21)12-16/h2-5,16-19,21H,6-14H2,1H3. The van der Waals surface area contributed by atoms with Gasteiger partial charge in [0.2, 0.25) is 15.9 Å². The third-order valence-corrected chi connectivity index (χ3v) is 9.63. The van der Waals surface area contributed by atoms with Crippen LogP contribution in [0.3, 0.4) is 0 Å². The van der Waals surface area contributed by atoms with Gasteiger partial charge in [0.1, 0.15) is 0 Å². The second-order valence-electron chi connectivity index (χ2n) is 9.50. The molecule has 4 bridgehead atoms. The lowest BCUT2D eigenvalue weighted by Crippen LogP contribution is -2.56. The Morgan fingerprint density at radius 3 is 1.93 bits per heavy atom. The van der Waals surface area contributed by atoms with Gasteiger partial charge in [0.25, 0.3) is 0 Å². The van der Waals surface area contributed by atoms with E-state index in [-0.39, 0.29) is 5.92 Å². The number of hydrogen-bond acceptors (Lipinski definition) is 3. The Labute approximate surface area is 168 Å². The van der Waals surface area contributed by atoms with Crippen molar-refractivity contribution in [2.24, 2.45) is 29.6 Å². The first-order chi connectivity index (χ1) is 13.4. The van der Waals surface area contributed by atoms with Crippen molar-refractivity contribution in [2.75, 3.05) is 26.2 Å². The van der Waals surface area contributed by atoms with Crippen LogP contribution >= 0.6 is 0 Å². The van der Waals surface area contributed by atoms with E-state index in [0.29, 0.717) is 48.8 Å². The number of amides is 1. The summed E-state index contributed by atoms with van der Waals surface area (Å²) in [6.45, 7) is 3.79. The van der Waals surface area contributed by atoms with E-state index in [1.165, 1.54) is 32.1 Å². The zero-order valence-corrected chi connectivity index (χ0v) is 17.4. The van der Waals surface area contributed by atoms with Crippen LogP contribution in [0.25, 0.3) is 0 Å². The molecule has 5 nitrogen and oxygen atoms in total. The van der Waals surface area contributed by atoms with Crippen LogP contribution in [0, 0.1) is 36.5 Å². The Morgan fingerprint density at radius 2 is 1.39 bits per heavy atom. The summed E-state index contributed by atoms with van der Waals surface area (Å²) in [4.78, 5) is 15.6. The van der Waals surface area contributed by atoms with Crippen LogP contribution in [-0.4, -0.2) is 49.7 Å². The van der Waals surface area contributed by atoms with E-state index in [1.807, 2.05) is 24.0 Å². The molecule has 0 N–H and O–H groups in total. The molecule has 0 spiro atoms. The number of benzene rings is 1. The quantitative estimate of drug-likeness (QED) is 0.781. The molecule has 0 aromatic heterocycles. The van der Waals surface area contributed by atoms with Crippen LogP contribution in [0.15, 0.2) is 29.2 Å². The topological polar surface area (TPSA) is 57.7 Å². The van der Waals surface area contributed by atoms with E-state index >= 15 is 0 Å². The number of piperazine rings is 1. The molecular weight excluding hydrogens is 372 g/mol. The fourth-order valence-electron chi connectivity index (χ4n) is 6.55. The molecule has 1 saturated heterocycles. The van der Waals surface area contributed by atoms with Gasteiger partial charge < -0.3 is 4.90 Å². The van der Waals surface area contributed by atoms with Crippen molar-refractivity contribution in [3.63, 3.8) is 0 Å². The zero-order valence-electron chi connectivity index (χ0n) is 16.6. The van der Waals surface area contributed by atoms with E-state index in [2.05, 4.69) is 0 Å². The fourth-order valence-corrected chi connectivity index (χ4v) is 7.97. The molecule has 5 fully saturated rings. The molecule has 1 heterocycles. The summed E-state index contributed by atoms with van der Waals surface area (Å²) in [5.74, 6) is 3.40. The van der Waals surface area contributed by atoms with E-state index < -0.39 is 10.0 Å². The van der Waals surface area contributed by atoms with Crippen LogP contribution in [0.2, 0.25) is 0 Å². The lowest BCUT2D eigenvalue weighted by molar-refractivity contribution is -0.150. The molecular formula is C22H30N2O3S. The van der Waals surface area contributed by atoms with Gasteiger partial charge in [0, 0.05) is 32.1 Å². The lowest BCUT2D eigenvalue weighted by Gasteiger charge is -2.54. The molecule has 0 unspecified atom stereocenters. The minimum atomic E-state index is -3.47. The zero-order chi connectivity index (χ0) is 19.5. The number of rotatable bonds is 3. The fraction of sp³-hybridized carbons (Fsp3) is 0.682. The third kappa shape index (κ3) is 3.09. The van der Waals surface area contributed by atoms with Crippen molar-refractivity contribution in [3.05, 3.63) is 29.8 Å². The Bertz CT molecular complexity index is 828. The predicted molar refractivity (Wildman–Crippen MR) is 107 cm³/mol. The smallest absolute Gasteiger partial charge is 0.243 e. The molecule has 28 heavy (non-hydrogen) atoms. The lowest BCUT2D eigenvalue weighted by atomic mass is 9.51. The Balaban J connectivity index is 1.25. The molecule has 1 aromatic carbocycles. The number of sulfonamides is 1. The maximum absolute atomic E-state index is 13.3. The highest BCUT2D eigenvalue weighted by molar-refractivity contribution is 7.89. The number of carbonyl (C=O) groups is 1. The van der Waals surface area contributed by atoms with Gasteiger partial charge in [-0.05, 0) is 74.8 Å². The van der Waals surface area contributed by atoms with E-state index in [4.69, 9.17) is 0 Å². The van der Waals surface area contributed by atoms with Crippen LogP contribution in [0.5, 0.6) is 0 Å². The maximum Gasteiger partial charge on any atom is 0.243 e. The molecule has 1 aliphatic heterocycles. The van der Waals surface area contributed by atoms with Crippen molar-refractivity contribution < 1.29 is 13.2 Å². The summed E-state index contributed by atoms with van der Waals surface area (Å²) in [5, 5.41) is 0. The second-order valence-corrected chi connectivity index (χ2v) is 11.4. The van der Waals surface area contributed by atoms with Crippen molar-refractivity contribution in [3.8, 4) is 0 Å². The van der Waals surface area contributed by atoms with Gasteiger partial charge in [-0.25, -0.2) is 8.42 Å². The first kappa shape index (κ1) is 18.6. The summed E-state index contributed by atoms with van der Waals surface area (Å²) >= 11 is 0. The van der Waals surface area contributed by atoms with Gasteiger partial charge in [-0.3, -0.25) is 4.79 Å². The van der Waals surface area contributed by atoms with Gasteiger partial charge in [-0.15, -0.1) is 0 Å².